The van der Waals surface area contributed by atoms with Crippen molar-refractivity contribution in [3.05, 3.63) is 0 Å². The third-order valence-electron chi connectivity index (χ3n) is 0.606. The van der Waals surface area contributed by atoms with Gasteiger partial charge in [-0.05, 0) is 0 Å². The van der Waals surface area contributed by atoms with E-state index < -0.39 is 21.8 Å². The molecule has 0 spiro atoms. The molecule has 0 aromatic heterocycles. The van der Waals surface area contributed by atoms with Crippen LogP contribution in [0.5, 0.6) is 0 Å². The van der Waals surface area contributed by atoms with E-state index in [-0.39, 0.29) is 7.85 Å². The minimum absolute atomic E-state index is 0. The van der Waals surface area contributed by atoms with Crippen LogP contribution in [0.1, 0.15) is 7.85 Å². The smallest absolute Gasteiger partial charge is 0.370 e. The summed E-state index contributed by atoms with van der Waals surface area (Å²) < 4.78 is 27.8. The molecule has 54 valence electrons. The van der Waals surface area contributed by atoms with Gasteiger partial charge >= 0.3 is 1.43 Å². The summed E-state index contributed by atoms with van der Waals surface area (Å²) in [4.78, 5) is 9.89. The van der Waals surface area contributed by atoms with Crippen LogP contribution in [0.3, 0.4) is 0 Å². The average Bonchev–Trinajstić information content (AvgIpc) is 1.59. The van der Waals surface area contributed by atoms with E-state index in [1.165, 1.54) is 0 Å². The number of carbonyl (C=O) groups is 1. The molecule has 3 N–H and O–H groups in total. The Kier molecular flexibility index (Phi) is 2.60. The topological polar surface area (TPSA) is 97.5 Å². The average molecular weight is 154 g/mol. The van der Waals surface area contributed by atoms with Crippen LogP contribution < -0.4 is 5.73 Å². The van der Waals surface area contributed by atoms with Crippen molar-refractivity contribution in [1.82, 2.24) is 0 Å². The maximum absolute atomic E-state index is 9.89. The van der Waals surface area contributed by atoms with Gasteiger partial charge < -0.3 is 5.73 Å². The Hall–Kier alpha value is -0.620. The molecule has 0 aliphatic rings. The van der Waals surface area contributed by atoms with Crippen molar-refractivity contribution in [2.75, 3.05) is 5.75 Å². The van der Waals surface area contributed by atoms with Gasteiger partial charge in [0.2, 0.25) is 5.91 Å². The zero-order chi connectivity index (χ0) is 7.49. The molecule has 6 heteroatoms. The highest BCUT2D eigenvalue weighted by Crippen LogP contribution is 1.85. The molecule has 0 heterocycles. The predicted molar refractivity (Wildman–Crippen MR) is 31.3 cm³/mol. The second kappa shape index (κ2) is 2.79. The summed E-state index contributed by atoms with van der Waals surface area (Å²) in [6.45, 7) is 0. The molecule has 0 saturated heterocycles. The van der Waals surface area contributed by atoms with Gasteiger partial charge in [-0.15, -0.1) is 0 Å². The monoisotopic (exact) mass is 154 g/mol. The van der Waals surface area contributed by atoms with Crippen LogP contribution in [0.25, 0.3) is 0 Å². The third-order valence-corrected chi connectivity index (χ3v) is 1.33. The highest BCUT2D eigenvalue weighted by molar-refractivity contribution is 7.85. The fourth-order valence-electron chi connectivity index (χ4n) is 0.230. The summed E-state index contributed by atoms with van der Waals surface area (Å²) in [5, 5.41) is 0. The van der Waals surface area contributed by atoms with Crippen molar-refractivity contribution >= 4 is 16.0 Å². The number of rotatable bonds is 3. The van der Waals surface area contributed by atoms with Gasteiger partial charge in [-0.3, -0.25) is 9.35 Å². The lowest BCUT2D eigenvalue weighted by molar-refractivity contribution is -0.117. The van der Waals surface area contributed by atoms with Gasteiger partial charge in [0.1, 0.15) is 0 Å². The fourth-order valence-corrected chi connectivity index (χ4v) is 0.689. The van der Waals surface area contributed by atoms with Crippen LogP contribution in [0.2, 0.25) is 0 Å². The molecule has 0 unspecified atom stereocenters. The van der Waals surface area contributed by atoms with Gasteiger partial charge in [0, 0.05) is 6.42 Å². The van der Waals surface area contributed by atoms with E-state index in [1.54, 1.807) is 0 Å². The predicted octanol–water partition coefficient (Wildman–Crippen LogP) is -1.14. The highest BCUT2D eigenvalue weighted by Gasteiger charge is 2.05. The van der Waals surface area contributed by atoms with Crippen LogP contribution in [0.15, 0.2) is 0 Å². The zero-order valence-corrected chi connectivity index (χ0v) is 5.39. The van der Waals surface area contributed by atoms with Gasteiger partial charge in [-0.1, -0.05) is 0 Å². The zero-order valence-electron chi connectivity index (χ0n) is 5.57. The lowest BCUT2D eigenvalue weighted by atomic mass is 10.5. The van der Waals surface area contributed by atoms with Crippen molar-refractivity contribution in [2.45, 2.75) is 6.42 Å². The van der Waals surface area contributed by atoms with Crippen LogP contribution in [-0.2, 0) is 14.9 Å². The Morgan fingerprint density at radius 3 is 2.22 bits per heavy atom. The maximum Gasteiger partial charge on any atom is 1.00 e. The van der Waals surface area contributed by atoms with Crippen molar-refractivity contribution < 1.29 is 19.2 Å². The number of hydrogen-bond acceptors (Lipinski definition) is 3. The standard InChI is InChI=1S/C3H7NO4S/c4-3(5)1-2-9(6,7)8/h1-2H2,(H2,4,5)(H,6,7,8)/p+1. The summed E-state index contributed by atoms with van der Waals surface area (Å²) >= 11 is 0. The van der Waals surface area contributed by atoms with Crippen molar-refractivity contribution in [2.24, 2.45) is 5.73 Å². The first kappa shape index (κ1) is 8.38. The Morgan fingerprint density at radius 2 is 2.11 bits per heavy atom. The molecule has 0 radical (unpaired) electrons. The SMILES string of the molecule is NC(=O)CCS(=O)(=O)O.[H+]. The van der Waals surface area contributed by atoms with E-state index in [1.807, 2.05) is 0 Å². The van der Waals surface area contributed by atoms with Crippen LogP contribution in [0, 0.1) is 0 Å². The third kappa shape index (κ3) is 7.38. The first-order chi connectivity index (χ1) is 3.92. The van der Waals surface area contributed by atoms with Crippen molar-refractivity contribution in [1.29, 1.82) is 0 Å². The summed E-state index contributed by atoms with van der Waals surface area (Å²) in [7, 11) is -4.02. The Labute approximate surface area is 54.1 Å². The number of hydrogen-bond donors (Lipinski definition) is 2. The van der Waals surface area contributed by atoms with Gasteiger partial charge in [0.25, 0.3) is 10.1 Å². The van der Waals surface area contributed by atoms with Gasteiger partial charge in [0.15, 0.2) is 0 Å². The Balaban J connectivity index is 0. The minimum atomic E-state index is -4.02. The quantitative estimate of drug-likeness (QED) is 0.502. The number of nitrogens with two attached hydrogens (primary N) is 1. The summed E-state index contributed by atoms with van der Waals surface area (Å²) in [6.07, 6.45) is -0.334. The van der Waals surface area contributed by atoms with E-state index in [4.69, 9.17) is 4.55 Å². The van der Waals surface area contributed by atoms with Crippen LogP contribution >= 0.6 is 0 Å². The molecule has 0 saturated carbocycles. The minimum Gasteiger partial charge on any atom is -0.370 e. The molecule has 0 aromatic carbocycles. The molecular weight excluding hydrogens is 146 g/mol. The first-order valence-electron chi connectivity index (χ1n) is 2.15. The molecule has 0 atom stereocenters. The molecule has 0 aliphatic carbocycles. The highest BCUT2D eigenvalue weighted by atomic mass is 32.2. The van der Waals surface area contributed by atoms with E-state index in [9.17, 15) is 13.2 Å². The number of amides is 1. The summed E-state index contributed by atoms with van der Waals surface area (Å²) in [6, 6.07) is 0. The summed E-state index contributed by atoms with van der Waals surface area (Å²) in [5.74, 6) is -1.34. The molecule has 0 fully saturated rings. The van der Waals surface area contributed by atoms with E-state index in [2.05, 4.69) is 5.73 Å². The van der Waals surface area contributed by atoms with Gasteiger partial charge in [0.05, 0.1) is 5.75 Å². The lowest BCUT2D eigenvalue weighted by Crippen LogP contribution is -2.16. The summed E-state index contributed by atoms with van der Waals surface area (Å²) in [5.41, 5.74) is 4.59. The van der Waals surface area contributed by atoms with E-state index >= 15 is 0 Å². The van der Waals surface area contributed by atoms with E-state index in [0.717, 1.165) is 0 Å². The van der Waals surface area contributed by atoms with Gasteiger partial charge in [-0.2, -0.15) is 8.42 Å². The lowest BCUT2D eigenvalue weighted by Gasteiger charge is -1.90. The fraction of sp³-hybridized carbons (Fsp3) is 0.667. The normalized spacial score (nSPS) is 11.2. The van der Waals surface area contributed by atoms with E-state index in [0.29, 0.717) is 0 Å². The molecule has 9 heavy (non-hydrogen) atoms. The van der Waals surface area contributed by atoms with Crippen LogP contribution in [-0.4, -0.2) is 24.6 Å². The molecule has 0 aliphatic heterocycles. The Morgan fingerprint density at radius 1 is 1.67 bits per heavy atom. The number of carbonyl (C=O) groups excluding carboxylic acids is 1. The second-order valence-corrected chi connectivity index (χ2v) is 3.07. The molecule has 0 bridgehead atoms. The Bertz CT molecular complexity index is 199. The second-order valence-electron chi connectivity index (χ2n) is 1.50. The maximum atomic E-state index is 9.89. The van der Waals surface area contributed by atoms with Crippen molar-refractivity contribution in [3.8, 4) is 0 Å². The van der Waals surface area contributed by atoms with Crippen molar-refractivity contribution in [3.63, 3.8) is 0 Å². The van der Waals surface area contributed by atoms with Crippen LogP contribution in [0.4, 0.5) is 0 Å². The first-order valence-corrected chi connectivity index (χ1v) is 3.76. The van der Waals surface area contributed by atoms with Gasteiger partial charge in [-0.25, -0.2) is 0 Å². The number of primary amides is 1. The molecular formula is C3H8NO4S+. The molecule has 5 nitrogen and oxygen atoms in total. The molecule has 0 aromatic rings. The molecule has 1 amide bonds. The molecule has 0 rings (SSSR count). The largest absolute Gasteiger partial charge is 1.00 e.